The van der Waals surface area contributed by atoms with Gasteiger partial charge in [0.15, 0.2) is 0 Å². The maximum atomic E-state index is 5.96. The van der Waals surface area contributed by atoms with Crippen molar-refractivity contribution >= 4 is 55.0 Å². The Morgan fingerprint density at radius 3 is 2.61 bits per heavy atom. The lowest BCUT2D eigenvalue weighted by Crippen LogP contribution is -2.37. The average Bonchev–Trinajstić information content (AvgIpc) is 2.67. The molecule has 2 atom stereocenters. The van der Waals surface area contributed by atoms with Crippen LogP contribution in [0, 0.1) is 0 Å². The molecule has 1 heterocycles. The molecular formula is C12H20Br2N2S2. The Morgan fingerprint density at radius 1 is 1.50 bits per heavy atom. The zero-order chi connectivity index (χ0) is 13.7. The van der Waals surface area contributed by atoms with Crippen LogP contribution < -0.4 is 5.73 Å². The summed E-state index contributed by atoms with van der Waals surface area (Å²) in [6.07, 6.45) is 3.35. The molecule has 0 saturated carbocycles. The van der Waals surface area contributed by atoms with Crippen molar-refractivity contribution in [3.05, 3.63) is 19.2 Å². The average molecular weight is 416 g/mol. The predicted molar refractivity (Wildman–Crippen MR) is 91.7 cm³/mol. The van der Waals surface area contributed by atoms with Crippen LogP contribution in [0.1, 0.15) is 24.3 Å². The van der Waals surface area contributed by atoms with E-state index in [0.29, 0.717) is 18.6 Å². The van der Waals surface area contributed by atoms with Crippen LogP contribution >= 0.6 is 55.0 Å². The topological polar surface area (TPSA) is 29.3 Å². The van der Waals surface area contributed by atoms with Gasteiger partial charge in [-0.05, 0) is 70.3 Å². The highest BCUT2D eigenvalue weighted by molar-refractivity contribution is 9.13. The summed E-state index contributed by atoms with van der Waals surface area (Å²) in [7, 11) is 2.17. The Kier molecular flexibility index (Phi) is 7.80. The highest BCUT2D eigenvalue weighted by Gasteiger charge is 2.22. The van der Waals surface area contributed by atoms with E-state index in [9.17, 15) is 0 Å². The van der Waals surface area contributed by atoms with Crippen molar-refractivity contribution in [2.75, 3.05) is 25.6 Å². The van der Waals surface area contributed by atoms with Gasteiger partial charge < -0.3 is 5.73 Å². The Balaban J connectivity index is 2.76. The minimum Gasteiger partial charge on any atom is -0.329 e. The molecule has 0 bridgehead atoms. The smallest absolute Gasteiger partial charge is 0.0843 e. The fraction of sp³-hybridized carbons (Fsp3) is 0.667. The normalized spacial score (nSPS) is 15.1. The number of hydrogen-bond donors (Lipinski definition) is 1. The number of thiophene rings is 1. The van der Waals surface area contributed by atoms with Crippen LogP contribution in [0.5, 0.6) is 0 Å². The summed E-state index contributed by atoms with van der Waals surface area (Å²) >= 11 is 10.8. The van der Waals surface area contributed by atoms with Crippen LogP contribution in [0.25, 0.3) is 0 Å². The summed E-state index contributed by atoms with van der Waals surface area (Å²) in [5.74, 6) is 1.20. The largest absolute Gasteiger partial charge is 0.329 e. The maximum absolute atomic E-state index is 5.96. The molecule has 2 unspecified atom stereocenters. The van der Waals surface area contributed by atoms with Gasteiger partial charge in [-0.25, -0.2) is 0 Å². The molecule has 0 fully saturated rings. The second-order valence-corrected chi connectivity index (χ2v) is 8.56. The number of nitrogens with zero attached hydrogens (tertiary/aromatic N) is 1. The molecule has 0 saturated heterocycles. The molecule has 0 aliphatic rings. The zero-order valence-electron chi connectivity index (χ0n) is 11.0. The molecule has 1 aromatic heterocycles. The Bertz CT molecular complexity index is 351. The van der Waals surface area contributed by atoms with E-state index in [0.717, 1.165) is 8.26 Å². The van der Waals surface area contributed by atoms with Crippen LogP contribution in [0.15, 0.2) is 14.3 Å². The standard InChI is InChI=1S/C12H20Br2N2S2/c1-8(4-5-17-3)16(2)10(7-15)11-6-9(13)12(14)18-11/h6,8,10H,4-5,7,15H2,1-3H3. The van der Waals surface area contributed by atoms with Gasteiger partial charge in [0.2, 0.25) is 0 Å². The number of likely N-dealkylation sites (N-methyl/N-ethyl adjacent to an activating group) is 1. The Morgan fingerprint density at radius 2 is 2.17 bits per heavy atom. The third-order valence-electron chi connectivity index (χ3n) is 3.14. The van der Waals surface area contributed by atoms with Crippen molar-refractivity contribution in [2.45, 2.75) is 25.4 Å². The van der Waals surface area contributed by atoms with Crippen molar-refractivity contribution in [3.8, 4) is 0 Å². The van der Waals surface area contributed by atoms with E-state index in [1.54, 1.807) is 11.3 Å². The van der Waals surface area contributed by atoms with Crippen LogP contribution in [-0.4, -0.2) is 36.5 Å². The number of hydrogen-bond acceptors (Lipinski definition) is 4. The fourth-order valence-corrected chi connectivity index (χ4v) is 4.64. The molecular weight excluding hydrogens is 396 g/mol. The predicted octanol–water partition coefficient (Wildman–Crippen LogP) is 4.35. The monoisotopic (exact) mass is 414 g/mol. The highest BCUT2D eigenvalue weighted by Crippen LogP contribution is 2.37. The quantitative estimate of drug-likeness (QED) is 0.717. The molecule has 2 N–H and O–H groups in total. The van der Waals surface area contributed by atoms with Crippen LogP contribution in [-0.2, 0) is 0 Å². The Labute approximate surface area is 135 Å². The third kappa shape index (κ3) is 4.49. The first-order valence-electron chi connectivity index (χ1n) is 5.86. The molecule has 0 aromatic carbocycles. The minimum absolute atomic E-state index is 0.300. The lowest BCUT2D eigenvalue weighted by Gasteiger charge is -2.31. The summed E-state index contributed by atoms with van der Waals surface area (Å²) in [6.45, 7) is 2.93. The van der Waals surface area contributed by atoms with E-state index in [1.807, 2.05) is 11.8 Å². The molecule has 104 valence electrons. The third-order valence-corrected chi connectivity index (χ3v) is 7.14. The first kappa shape index (κ1) is 17.0. The molecule has 6 heteroatoms. The summed E-state index contributed by atoms with van der Waals surface area (Å²) in [4.78, 5) is 3.70. The van der Waals surface area contributed by atoms with Gasteiger partial charge >= 0.3 is 0 Å². The number of rotatable bonds is 7. The van der Waals surface area contributed by atoms with Gasteiger partial charge in [-0.15, -0.1) is 11.3 Å². The van der Waals surface area contributed by atoms with Gasteiger partial charge in [-0.1, -0.05) is 0 Å². The number of halogens is 2. The molecule has 0 spiro atoms. The highest BCUT2D eigenvalue weighted by atomic mass is 79.9. The first-order valence-corrected chi connectivity index (χ1v) is 9.66. The van der Waals surface area contributed by atoms with Gasteiger partial charge in [0.05, 0.1) is 9.83 Å². The lowest BCUT2D eigenvalue weighted by atomic mass is 10.1. The van der Waals surface area contributed by atoms with E-state index >= 15 is 0 Å². The molecule has 2 nitrogen and oxygen atoms in total. The summed E-state index contributed by atoms with van der Waals surface area (Å²) in [6, 6.07) is 3.02. The molecule has 18 heavy (non-hydrogen) atoms. The van der Waals surface area contributed by atoms with Gasteiger partial charge in [0.1, 0.15) is 0 Å². The summed E-state index contributed by atoms with van der Waals surface area (Å²) in [5, 5.41) is 0. The van der Waals surface area contributed by atoms with Crippen LogP contribution in [0.2, 0.25) is 0 Å². The van der Waals surface area contributed by atoms with Crippen molar-refractivity contribution in [1.29, 1.82) is 0 Å². The van der Waals surface area contributed by atoms with Crippen molar-refractivity contribution in [3.63, 3.8) is 0 Å². The summed E-state index contributed by atoms with van der Waals surface area (Å²) in [5.41, 5.74) is 5.96. The molecule has 0 amide bonds. The molecule has 1 rings (SSSR count). The van der Waals surface area contributed by atoms with Crippen molar-refractivity contribution < 1.29 is 0 Å². The number of nitrogens with two attached hydrogens (primary N) is 1. The molecule has 0 aliphatic heterocycles. The van der Waals surface area contributed by atoms with E-state index in [1.165, 1.54) is 17.1 Å². The van der Waals surface area contributed by atoms with Gasteiger partial charge in [-0.3, -0.25) is 4.90 Å². The van der Waals surface area contributed by atoms with Gasteiger partial charge in [-0.2, -0.15) is 11.8 Å². The van der Waals surface area contributed by atoms with Crippen molar-refractivity contribution in [1.82, 2.24) is 4.90 Å². The second kappa shape index (κ2) is 8.27. The fourth-order valence-electron chi connectivity index (χ4n) is 1.81. The molecule has 0 radical (unpaired) electrons. The maximum Gasteiger partial charge on any atom is 0.0843 e. The van der Waals surface area contributed by atoms with E-state index in [4.69, 9.17) is 5.73 Å². The van der Waals surface area contributed by atoms with Gasteiger partial charge in [0, 0.05) is 21.9 Å². The SMILES string of the molecule is CSCCC(C)N(C)C(CN)c1cc(Br)c(Br)s1. The molecule has 1 aromatic rings. The van der Waals surface area contributed by atoms with Crippen molar-refractivity contribution in [2.24, 2.45) is 5.73 Å². The van der Waals surface area contributed by atoms with Gasteiger partial charge in [0.25, 0.3) is 0 Å². The van der Waals surface area contributed by atoms with Crippen LogP contribution in [0.3, 0.4) is 0 Å². The van der Waals surface area contributed by atoms with E-state index < -0.39 is 0 Å². The lowest BCUT2D eigenvalue weighted by molar-refractivity contribution is 0.188. The molecule has 0 aliphatic carbocycles. The Hall–Kier alpha value is 0.930. The first-order chi connectivity index (χ1) is 8.51. The van der Waals surface area contributed by atoms with E-state index in [-0.39, 0.29) is 0 Å². The summed E-state index contributed by atoms with van der Waals surface area (Å²) < 4.78 is 2.26. The second-order valence-electron chi connectivity index (χ2n) is 4.32. The minimum atomic E-state index is 0.300. The van der Waals surface area contributed by atoms with Crippen LogP contribution in [0.4, 0.5) is 0 Å². The zero-order valence-corrected chi connectivity index (χ0v) is 15.8. The number of thioether (sulfide) groups is 1. The van der Waals surface area contributed by atoms with E-state index in [2.05, 4.69) is 63.1 Å².